The number of primary amides is 1. The summed E-state index contributed by atoms with van der Waals surface area (Å²) in [6, 6.07) is 5.79. The molecular formula is C12H14N2O2. The summed E-state index contributed by atoms with van der Waals surface area (Å²) >= 11 is 0. The van der Waals surface area contributed by atoms with Crippen molar-refractivity contribution in [3.63, 3.8) is 0 Å². The second-order valence-electron chi connectivity index (χ2n) is 3.79. The maximum Gasteiger partial charge on any atom is 0.221 e. The molecule has 0 saturated heterocycles. The molecule has 1 heterocycles. The second kappa shape index (κ2) is 3.89. The van der Waals surface area contributed by atoms with Crippen molar-refractivity contribution in [2.24, 2.45) is 12.8 Å². The predicted molar refractivity (Wildman–Crippen MR) is 62.4 cm³/mol. The monoisotopic (exact) mass is 218 g/mol. The minimum atomic E-state index is -0.324. The van der Waals surface area contributed by atoms with Gasteiger partial charge in [0, 0.05) is 24.1 Å². The fourth-order valence-electron chi connectivity index (χ4n) is 1.91. The van der Waals surface area contributed by atoms with Crippen molar-refractivity contribution in [2.45, 2.75) is 6.42 Å². The highest BCUT2D eigenvalue weighted by Crippen LogP contribution is 2.25. The zero-order chi connectivity index (χ0) is 11.7. The zero-order valence-electron chi connectivity index (χ0n) is 9.36. The number of benzene rings is 1. The Morgan fingerprint density at radius 2 is 2.25 bits per heavy atom. The number of nitrogens with two attached hydrogens (primary N) is 1. The van der Waals surface area contributed by atoms with Gasteiger partial charge in [-0.1, -0.05) is 0 Å². The molecule has 1 aromatic carbocycles. The van der Waals surface area contributed by atoms with Gasteiger partial charge >= 0.3 is 0 Å². The fourth-order valence-corrected chi connectivity index (χ4v) is 1.91. The van der Waals surface area contributed by atoms with Crippen molar-refractivity contribution in [1.29, 1.82) is 0 Å². The van der Waals surface area contributed by atoms with Gasteiger partial charge in [-0.15, -0.1) is 0 Å². The number of fused-ring (bicyclic) bond motifs is 1. The Hall–Kier alpha value is -1.97. The van der Waals surface area contributed by atoms with Crippen LogP contribution in [-0.2, 0) is 18.3 Å². The first-order valence-electron chi connectivity index (χ1n) is 5.02. The summed E-state index contributed by atoms with van der Waals surface area (Å²) in [5.41, 5.74) is 7.22. The molecule has 4 heteroatoms. The van der Waals surface area contributed by atoms with Crippen LogP contribution in [0.1, 0.15) is 5.56 Å². The molecule has 0 unspecified atom stereocenters. The number of aryl methyl sites for hydroxylation is 1. The first-order valence-corrected chi connectivity index (χ1v) is 5.02. The lowest BCUT2D eigenvalue weighted by Crippen LogP contribution is -2.13. The number of ether oxygens (including phenoxy) is 1. The van der Waals surface area contributed by atoms with Crippen LogP contribution in [0.3, 0.4) is 0 Å². The molecule has 2 N–H and O–H groups in total. The van der Waals surface area contributed by atoms with Gasteiger partial charge in [-0.25, -0.2) is 0 Å². The van der Waals surface area contributed by atoms with Gasteiger partial charge < -0.3 is 15.0 Å². The molecule has 1 aromatic heterocycles. The quantitative estimate of drug-likeness (QED) is 0.842. The van der Waals surface area contributed by atoms with Crippen molar-refractivity contribution in [1.82, 2.24) is 4.57 Å². The van der Waals surface area contributed by atoms with E-state index in [1.807, 2.05) is 36.0 Å². The van der Waals surface area contributed by atoms with Crippen LogP contribution in [0, 0.1) is 0 Å². The largest absolute Gasteiger partial charge is 0.497 e. The van der Waals surface area contributed by atoms with Gasteiger partial charge in [0.1, 0.15) is 5.75 Å². The maximum absolute atomic E-state index is 11.0. The van der Waals surface area contributed by atoms with Crippen molar-refractivity contribution >= 4 is 16.8 Å². The highest BCUT2D eigenvalue weighted by atomic mass is 16.5. The number of carbonyl (C=O) groups excluding carboxylic acids is 1. The van der Waals surface area contributed by atoms with Crippen LogP contribution in [0.2, 0.25) is 0 Å². The normalized spacial score (nSPS) is 10.6. The number of nitrogens with zero attached hydrogens (tertiary/aromatic N) is 1. The Bertz CT molecular complexity index is 543. The summed E-state index contributed by atoms with van der Waals surface area (Å²) in [7, 11) is 3.57. The summed E-state index contributed by atoms with van der Waals surface area (Å²) in [6.45, 7) is 0. The van der Waals surface area contributed by atoms with E-state index in [9.17, 15) is 4.79 Å². The molecule has 0 saturated carbocycles. The minimum absolute atomic E-state index is 0.254. The number of carbonyl (C=O) groups is 1. The van der Waals surface area contributed by atoms with E-state index in [-0.39, 0.29) is 12.3 Å². The van der Waals surface area contributed by atoms with Gasteiger partial charge in [0.15, 0.2) is 0 Å². The Morgan fingerprint density at radius 3 is 2.88 bits per heavy atom. The third-order valence-corrected chi connectivity index (χ3v) is 2.64. The maximum atomic E-state index is 11.0. The molecule has 0 aliphatic heterocycles. The van der Waals surface area contributed by atoms with Gasteiger partial charge in [-0.3, -0.25) is 4.79 Å². The second-order valence-corrected chi connectivity index (χ2v) is 3.79. The third-order valence-electron chi connectivity index (χ3n) is 2.64. The molecule has 2 aromatic rings. The van der Waals surface area contributed by atoms with Crippen LogP contribution in [-0.4, -0.2) is 17.6 Å². The van der Waals surface area contributed by atoms with Crippen LogP contribution in [0.4, 0.5) is 0 Å². The standard InChI is InChI=1S/C12H14N2O2/c1-14-7-8(5-12(13)15)10-6-9(16-2)3-4-11(10)14/h3-4,6-7H,5H2,1-2H3,(H2,13,15). The Morgan fingerprint density at radius 1 is 1.50 bits per heavy atom. The molecule has 4 nitrogen and oxygen atoms in total. The van der Waals surface area contributed by atoms with E-state index in [0.29, 0.717) is 0 Å². The van der Waals surface area contributed by atoms with Crippen molar-refractivity contribution in [3.05, 3.63) is 30.0 Å². The van der Waals surface area contributed by atoms with E-state index >= 15 is 0 Å². The predicted octanol–water partition coefficient (Wildman–Crippen LogP) is 1.21. The van der Waals surface area contributed by atoms with E-state index in [4.69, 9.17) is 10.5 Å². The third kappa shape index (κ3) is 1.74. The Labute approximate surface area is 93.6 Å². The summed E-state index contributed by atoms with van der Waals surface area (Å²) < 4.78 is 7.15. The molecule has 2 rings (SSSR count). The molecule has 0 fully saturated rings. The summed E-state index contributed by atoms with van der Waals surface area (Å²) in [4.78, 5) is 11.0. The van der Waals surface area contributed by atoms with E-state index in [1.165, 1.54) is 0 Å². The first-order chi connectivity index (χ1) is 7.61. The van der Waals surface area contributed by atoms with Crippen LogP contribution >= 0.6 is 0 Å². The van der Waals surface area contributed by atoms with E-state index < -0.39 is 0 Å². The number of aromatic nitrogens is 1. The molecule has 0 aliphatic rings. The molecule has 16 heavy (non-hydrogen) atoms. The molecule has 0 atom stereocenters. The van der Waals surface area contributed by atoms with Gasteiger partial charge in [0.2, 0.25) is 5.91 Å². The fraction of sp³-hybridized carbons (Fsp3) is 0.250. The first kappa shape index (κ1) is 10.5. The minimum Gasteiger partial charge on any atom is -0.497 e. The van der Waals surface area contributed by atoms with E-state index in [2.05, 4.69) is 0 Å². The Kier molecular flexibility index (Phi) is 2.56. The smallest absolute Gasteiger partial charge is 0.221 e. The molecular weight excluding hydrogens is 204 g/mol. The number of hydrogen-bond acceptors (Lipinski definition) is 2. The SMILES string of the molecule is COc1ccc2c(c1)c(CC(N)=O)cn2C. The molecule has 0 radical (unpaired) electrons. The van der Waals surface area contributed by atoms with Gasteiger partial charge in [0.05, 0.1) is 13.5 Å². The van der Waals surface area contributed by atoms with Crippen LogP contribution < -0.4 is 10.5 Å². The average Bonchev–Trinajstić information content (AvgIpc) is 2.54. The molecule has 1 amide bonds. The highest BCUT2D eigenvalue weighted by molar-refractivity contribution is 5.89. The summed E-state index contributed by atoms with van der Waals surface area (Å²) in [6.07, 6.45) is 2.18. The lowest BCUT2D eigenvalue weighted by atomic mass is 10.1. The van der Waals surface area contributed by atoms with Crippen LogP contribution in [0.5, 0.6) is 5.75 Å². The van der Waals surface area contributed by atoms with Crippen molar-refractivity contribution < 1.29 is 9.53 Å². The summed E-state index contributed by atoms with van der Waals surface area (Å²) in [5, 5.41) is 1.01. The summed E-state index contributed by atoms with van der Waals surface area (Å²) in [5.74, 6) is 0.458. The number of rotatable bonds is 3. The lowest BCUT2D eigenvalue weighted by Gasteiger charge is -2.01. The molecule has 0 spiro atoms. The highest BCUT2D eigenvalue weighted by Gasteiger charge is 2.09. The molecule has 0 bridgehead atoms. The van der Waals surface area contributed by atoms with Gasteiger partial charge in [-0.05, 0) is 23.8 Å². The molecule has 0 aliphatic carbocycles. The topological polar surface area (TPSA) is 57.2 Å². The van der Waals surface area contributed by atoms with Gasteiger partial charge in [-0.2, -0.15) is 0 Å². The van der Waals surface area contributed by atoms with Crippen LogP contribution in [0.15, 0.2) is 24.4 Å². The van der Waals surface area contributed by atoms with Crippen molar-refractivity contribution in [3.8, 4) is 5.75 Å². The van der Waals surface area contributed by atoms with Crippen LogP contribution in [0.25, 0.3) is 10.9 Å². The average molecular weight is 218 g/mol. The van der Waals surface area contributed by atoms with E-state index in [0.717, 1.165) is 22.2 Å². The zero-order valence-corrected chi connectivity index (χ0v) is 9.36. The number of hydrogen-bond donors (Lipinski definition) is 1. The Balaban J connectivity index is 2.60. The number of amides is 1. The lowest BCUT2D eigenvalue weighted by molar-refractivity contribution is -0.117. The van der Waals surface area contributed by atoms with Crippen molar-refractivity contribution in [2.75, 3.05) is 7.11 Å². The molecule has 84 valence electrons. The van der Waals surface area contributed by atoms with Gasteiger partial charge in [0.25, 0.3) is 0 Å². The van der Waals surface area contributed by atoms with E-state index in [1.54, 1.807) is 7.11 Å². The number of methoxy groups -OCH3 is 1.